The maximum Gasteiger partial charge on any atom is 0.0310 e. The van der Waals surface area contributed by atoms with Crippen LogP contribution in [0.4, 0.5) is 0 Å². The lowest BCUT2D eigenvalue weighted by atomic mass is 10.2. The zero-order valence-corrected chi connectivity index (χ0v) is 4.89. The summed E-state index contributed by atoms with van der Waals surface area (Å²) in [5.41, 5.74) is 7.47. The fourth-order valence-electron chi connectivity index (χ4n) is 0.594. The molecule has 0 saturated heterocycles. The zero-order valence-electron chi connectivity index (χ0n) is 4.89. The van der Waals surface area contributed by atoms with Crippen LogP contribution in [0.1, 0.15) is 5.56 Å². The van der Waals surface area contributed by atoms with Crippen LogP contribution in [0.15, 0.2) is 30.3 Å². The lowest BCUT2D eigenvalue weighted by molar-refractivity contribution is 1.60. The Kier molecular flexibility index (Phi) is 1.77. The van der Waals surface area contributed by atoms with E-state index < -0.39 is 0 Å². The van der Waals surface area contributed by atoms with Crippen LogP contribution in [0.25, 0.3) is 0 Å². The van der Waals surface area contributed by atoms with Crippen molar-refractivity contribution in [1.29, 1.82) is 0 Å². The molecule has 1 nitrogen and oxygen atoms in total. The average molecular weight is 116 g/mol. The van der Waals surface area contributed by atoms with Gasteiger partial charge in [0.2, 0.25) is 0 Å². The molecule has 0 fully saturated rings. The predicted octanol–water partition coefficient (Wildman–Crippen LogP) is 1.28. The van der Waals surface area contributed by atoms with E-state index in [4.69, 9.17) is 5.73 Å². The Hall–Kier alpha value is -1.42. The van der Waals surface area contributed by atoms with Gasteiger partial charge in [0, 0.05) is 11.6 Å². The van der Waals surface area contributed by atoms with Crippen LogP contribution in [0, 0.1) is 12.0 Å². The number of rotatable bonds is 0. The van der Waals surface area contributed by atoms with E-state index in [1.807, 2.05) is 30.3 Å². The molecule has 0 bridgehead atoms. The monoisotopic (exact) mass is 116 g/mol. The molecular formula is C8H6N. The summed E-state index contributed by atoms with van der Waals surface area (Å²) in [6.07, 6.45) is 0. The summed E-state index contributed by atoms with van der Waals surface area (Å²) in [5.74, 6) is 2.62. The molecule has 0 unspecified atom stereocenters. The normalized spacial score (nSPS) is 7.56. The summed E-state index contributed by atoms with van der Waals surface area (Å²) in [6, 6.07) is 11.6. The molecule has 0 aromatic heterocycles. The van der Waals surface area contributed by atoms with E-state index in [-0.39, 0.29) is 0 Å². The summed E-state index contributed by atoms with van der Waals surface area (Å²) in [4.78, 5) is 0. The van der Waals surface area contributed by atoms with Gasteiger partial charge in [-0.05, 0) is 18.1 Å². The van der Waals surface area contributed by atoms with Gasteiger partial charge in [-0.2, -0.15) is 0 Å². The van der Waals surface area contributed by atoms with Crippen molar-refractivity contribution in [3.05, 3.63) is 35.9 Å². The van der Waals surface area contributed by atoms with Crippen molar-refractivity contribution < 1.29 is 0 Å². The molecule has 1 aromatic rings. The molecule has 1 heteroatoms. The molecule has 0 saturated carbocycles. The van der Waals surface area contributed by atoms with Gasteiger partial charge in [-0.3, -0.25) is 5.73 Å². The minimum absolute atomic E-state index is 0.896. The molecule has 1 aromatic carbocycles. The van der Waals surface area contributed by atoms with Gasteiger partial charge < -0.3 is 0 Å². The first kappa shape index (κ1) is 5.71. The first-order valence-electron chi connectivity index (χ1n) is 2.66. The Labute approximate surface area is 54.5 Å². The Morgan fingerprint density at radius 1 is 1.11 bits per heavy atom. The van der Waals surface area contributed by atoms with E-state index in [9.17, 15) is 0 Å². The first-order chi connectivity index (χ1) is 4.43. The molecule has 0 atom stereocenters. The van der Waals surface area contributed by atoms with Crippen molar-refractivity contribution in [1.82, 2.24) is 5.73 Å². The highest BCUT2D eigenvalue weighted by Gasteiger charge is 1.78. The van der Waals surface area contributed by atoms with Gasteiger partial charge >= 0.3 is 0 Å². The summed E-state index contributed by atoms with van der Waals surface area (Å²) >= 11 is 0. The highest BCUT2D eigenvalue weighted by atomic mass is 14.4. The highest BCUT2D eigenvalue weighted by molar-refractivity contribution is 5.32. The van der Waals surface area contributed by atoms with E-state index in [2.05, 4.69) is 12.0 Å². The fourth-order valence-corrected chi connectivity index (χ4v) is 0.594. The van der Waals surface area contributed by atoms with Gasteiger partial charge in [0.1, 0.15) is 0 Å². The molecule has 0 heterocycles. The summed E-state index contributed by atoms with van der Waals surface area (Å²) < 4.78 is 0. The van der Waals surface area contributed by atoms with Crippen LogP contribution in [0.3, 0.4) is 0 Å². The molecular weight excluding hydrogens is 110 g/mol. The Bertz CT molecular complexity index is 228. The van der Waals surface area contributed by atoms with Crippen LogP contribution in [0.2, 0.25) is 0 Å². The van der Waals surface area contributed by atoms with Gasteiger partial charge in [-0.15, -0.1) is 0 Å². The zero-order chi connectivity index (χ0) is 6.53. The van der Waals surface area contributed by atoms with Gasteiger partial charge in [-0.25, -0.2) is 0 Å². The van der Waals surface area contributed by atoms with E-state index in [1.54, 1.807) is 0 Å². The second-order valence-corrected chi connectivity index (χ2v) is 1.62. The number of hydrogen-bond acceptors (Lipinski definition) is 0. The largest absolute Gasteiger partial charge is 0.251 e. The van der Waals surface area contributed by atoms with Gasteiger partial charge in [-0.1, -0.05) is 18.2 Å². The van der Waals surface area contributed by atoms with Gasteiger partial charge in [0.15, 0.2) is 0 Å². The third kappa shape index (κ3) is 1.50. The third-order valence-electron chi connectivity index (χ3n) is 0.981. The second kappa shape index (κ2) is 2.78. The standard InChI is InChI=1S/C8H6N/c9-7-6-8-4-2-1-3-5-8/h1-5,9H. The first-order valence-corrected chi connectivity index (χ1v) is 2.66. The SMILES string of the molecule is [NH]C#Cc1ccccc1. The van der Waals surface area contributed by atoms with E-state index >= 15 is 0 Å². The summed E-state index contributed by atoms with van der Waals surface area (Å²) in [5, 5.41) is 0. The molecule has 0 amide bonds. The second-order valence-electron chi connectivity index (χ2n) is 1.62. The minimum Gasteiger partial charge on any atom is -0.251 e. The lowest BCUT2D eigenvalue weighted by Gasteiger charge is -1.83. The molecule has 1 radical (unpaired) electrons. The predicted molar refractivity (Wildman–Crippen MR) is 36.4 cm³/mol. The smallest absolute Gasteiger partial charge is 0.0310 e. The van der Waals surface area contributed by atoms with Crippen molar-refractivity contribution in [2.75, 3.05) is 0 Å². The number of hydrogen-bond donors (Lipinski definition) is 0. The molecule has 43 valence electrons. The average Bonchev–Trinajstić information content (AvgIpc) is 1.91. The quantitative estimate of drug-likeness (QED) is 0.456. The van der Waals surface area contributed by atoms with Crippen molar-refractivity contribution in [3.8, 4) is 12.0 Å². The van der Waals surface area contributed by atoms with Gasteiger partial charge in [0.05, 0.1) is 0 Å². The molecule has 0 aliphatic carbocycles. The molecule has 1 N–H and O–H groups in total. The van der Waals surface area contributed by atoms with Crippen molar-refractivity contribution in [2.45, 2.75) is 0 Å². The fraction of sp³-hybridized carbons (Fsp3) is 0. The van der Waals surface area contributed by atoms with Gasteiger partial charge in [0.25, 0.3) is 0 Å². The Balaban J connectivity index is 2.94. The van der Waals surface area contributed by atoms with Crippen molar-refractivity contribution in [2.24, 2.45) is 0 Å². The number of nitrogens with one attached hydrogen (secondary N) is 1. The molecule has 0 aliphatic rings. The van der Waals surface area contributed by atoms with E-state index in [0.29, 0.717) is 0 Å². The third-order valence-corrected chi connectivity index (χ3v) is 0.981. The van der Waals surface area contributed by atoms with Crippen LogP contribution in [-0.4, -0.2) is 0 Å². The van der Waals surface area contributed by atoms with E-state index in [0.717, 1.165) is 5.56 Å². The molecule has 1 rings (SSSR count). The van der Waals surface area contributed by atoms with Crippen LogP contribution in [0.5, 0.6) is 0 Å². The topological polar surface area (TPSA) is 23.8 Å². The van der Waals surface area contributed by atoms with Crippen LogP contribution in [-0.2, 0) is 0 Å². The minimum atomic E-state index is 0.896. The van der Waals surface area contributed by atoms with Crippen LogP contribution < -0.4 is 5.73 Å². The van der Waals surface area contributed by atoms with Crippen molar-refractivity contribution >= 4 is 0 Å². The number of benzene rings is 1. The Morgan fingerprint density at radius 3 is 2.33 bits per heavy atom. The van der Waals surface area contributed by atoms with E-state index in [1.165, 1.54) is 0 Å². The molecule has 9 heavy (non-hydrogen) atoms. The van der Waals surface area contributed by atoms with Crippen molar-refractivity contribution in [3.63, 3.8) is 0 Å². The maximum absolute atomic E-state index is 6.58. The summed E-state index contributed by atoms with van der Waals surface area (Å²) in [7, 11) is 0. The lowest BCUT2D eigenvalue weighted by Crippen LogP contribution is -1.69. The maximum atomic E-state index is 6.58. The molecule has 0 aliphatic heterocycles. The molecule has 0 spiro atoms. The van der Waals surface area contributed by atoms with Crippen LogP contribution >= 0.6 is 0 Å². The summed E-state index contributed by atoms with van der Waals surface area (Å²) in [6.45, 7) is 0. The Morgan fingerprint density at radius 2 is 1.78 bits per heavy atom. The highest BCUT2D eigenvalue weighted by Crippen LogP contribution is 1.93.